The van der Waals surface area contributed by atoms with Crippen LogP contribution in [-0.4, -0.2) is 12.3 Å². The van der Waals surface area contributed by atoms with Crippen LogP contribution >= 0.6 is 0 Å². The van der Waals surface area contributed by atoms with Crippen molar-refractivity contribution in [1.29, 1.82) is 0 Å². The molecule has 1 aliphatic heterocycles. The summed E-state index contributed by atoms with van der Waals surface area (Å²) in [4.78, 5) is 5.34. The quantitative estimate of drug-likeness (QED) is 0.575. The highest BCUT2D eigenvalue weighted by Crippen LogP contribution is 2.35. The first-order valence-corrected chi connectivity index (χ1v) is 4.72. The van der Waals surface area contributed by atoms with E-state index in [1.165, 1.54) is 19.3 Å². The van der Waals surface area contributed by atoms with Gasteiger partial charge in [-0.05, 0) is 19.3 Å². The van der Waals surface area contributed by atoms with Crippen LogP contribution in [-0.2, 0) is 4.84 Å². The van der Waals surface area contributed by atoms with Gasteiger partial charge in [0.05, 0.1) is 6.21 Å². The zero-order valence-electron chi connectivity index (χ0n) is 7.28. The highest BCUT2D eigenvalue weighted by molar-refractivity contribution is 5.62. The molecule has 0 radical (unpaired) electrons. The van der Waals surface area contributed by atoms with Crippen LogP contribution in [0.5, 0.6) is 0 Å². The first-order valence-electron chi connectivity index (χ1n) is 4.72. The Morgan fingerprint density at radius 1 is 1.58 bits per heavy atom. The average molecular weight is 165 g/mol. The summed E-state index contributed by atoms with van der Waals surface area (Å²) in [6, 6.07) is 0. The highest BCUT2D eigenvalue weighted by Gasteiger charge is 2.36. The summed E-state index contributed by atoms with van der Waals surface area (Å²) in [5, 5.41) is 3.90. The van der Waals surface area contributed by atoms with E-state index in [-0.39, 0.29) is 0 Å². The number of fused-ring (bicyclic) bond motifs is 1. The highest BCUT2D eigenvalue weighted by atomic mass is 16.6. The SMILES string of the molecule is C=CCC1CCCC2C=NOC21. The second-order valence-electron chi connectivity index (χ2n) is 3.70. The molecule has 2 rings (SSSR count). The summed E-state index contributed by atoms with van der Waals surface area (Å²) in [7, 11) is 0. The predicted octanol–water partition coefficient (Wildman–Crippen LogP) is 2.36. The van der Waals surface area contributed by atoms with E-state index >= 15 is 0 Å². The van der Waals surface area contributed by atoms with Crippen molar-refractivity contribution in [3.05, 3.63) is 12.7 Å². The van der Waals surface area contributed by atoms with Gasteiger partial charge in [-0.25, -0.2) is 0 Å². The van der Waals surface area contributed by atoms with E-state index in [0.29, 0.717) is 17.9 Å². The Morgan fingerprint density at radius 2 is 2.50 bits per heavy atom. The molecule has 0 saturated heterocycles. The summed E-state index contributed by atoms with van der Waals surface area (Å²) in [5.74, 6) is 1.24. The first-order chi connectivity index (χ1) is 5.92. The Morgan fingerprint density at radius 3 is 3.33 bits per heavy atom. The normalized spacial score (nSPS) is 38.8. The lowest BCUT2D eigenvalue weighted by Gasteiger charge is -2.29. The van der Waals surface area contributed by atoms with Crippen LogP contribution < -0.4 is 0 Å². The smallest absolute Gasteiger partial charge is 0.138 e. The zero-order valence-corrected chi connectivity index (χ0v) is 7.28. The summed E-state index contributed by atoms with van der Waals surface area (Å²) in [6.07, 6.45) is 9.24. The third-order valence-corrected chi connectivity index (χ3v) is 2.90. The van der Waals surface area contributed by atoms with E-state index in [1.807, 2.05) is 12.3 Å². The van der Waals surface area contributed by atoms with Gasteiger partial charge in [-0.2, -0.15) is 0 Å². The summed E-state index contributed by atoms with van der Waals surface area (Å²) >= 11 is 0. The fourth-order valence-corrected chi connectivity index (χ4v) is 2.27. The van der Waals surface area contributed by atoms with Crippen molar-refractivity contribution in [3.8, 4) is 0 Å². The standard InChI is InChI=1S/C10H15NO/c1-2-4-8-5-3-6-9-7-11-12-10(8)9/h2,7-10H,1,3-6H2. The molecule has 0 aromatic heterocycles. The van der Waals surface area contributed by atoms with Crippen LogP contribution in [0.4, 0.5) is 0 Å². The number of hydrogen-bond acceptors (Lipinski definition) is 2. The van der Waals surface area contributed by atoms with Gasteiger partial charge in [0.15, 0.2) is 0 Å². The van der Waals surface area contributed by atoms with E-state index in [0.717, 1.165) is 6.42 Å². The molecule has 1 aliphatic carbocycles. The molecule has 1 saturated carbocycles. The Bertz CT molecular complexity index is 200. The number of allylic oxidation sites excluding steroid dienone is 1. The molecule has 0 bridgehead atoms. The van der Waals surface area contributed by atoms with Crippen molar-refractivity contribution in [2.75, 3.05) is 0 Å². The lowest BCUT2D eigenvalue weighted by Crippen LogP contribution is -2.31. The van der Waals surface area contributed by atoms with E-state index in [2.05, 4.69) is 11.7 Å². The third kappa shape index (κ3) is 1.26. The molecule has 12 heavy (non-hydrogen) atoms. The molecule has 3 atom stereocenters. The van der Waals surface area contributed by atoms with Crippen LogP contribution in [0.3, 0.4) is 0 Å². The fraction of sp³-hybridized carbons (Fsp3) is 0.700. The maximum Gasteiger partial charge on any atom is 0.138 e. The van der Waals surface area contributed by atoms with Crippen LogP contribution in [0.2, 0.25) is 0 Å². The molecule has 0 aromatic carbocycles. The van der Waals surface area contributed by atoms with Crippen molar-refractivity contribution < 1.29 is 4.84 Å². The van der Waals surface area contributed by atoms with E-state index in [9.17, 15) is 0 Å². The Labute approximate surface area is 73.3 Å². The summed E-state index contributed by atoms with van der Waals surface area (Å²) < 4.78 is 0. The zero-order chi connectivity index (χ0) is 8.39. The van der Waals surface area contributed by atoms with Gasteiger partial charge in [-0.15, -0.1) is 6.58 Å². The van der Waals surface area contributed by atoms with Crippen LogP contribution in [0, 0.1) is 11.8 Å². The molecule has 1 fully saturated rings. The van der Waals surface area contributed by atoms with E-state index < -0.39 is 0 Å². The Hall–Kier alpha value is -0.790. The van der Waals surface area contributed by atoms with Crippen molar-refractivity contribution in [3.63, 3.8) is 0 Å². The monoisotopic (exact) mass is 165 g/mol. The molecule has 0 N–H and O–H groups in total. The number of hydrogen-bond donors (Lipinski definition) is 0. The molecular formula is C10H15NO. The minimum absolute atomic E-state index is 0.358. The molecule has 2 aliphatic rings. The van der Waals surface area contributed by atoms with Gasteiger partial charge in [-0.1, -0.05) is 17.7 Å². The lowest BCUT2D eigenvalue weighted by atomic mass is 9.78. The number of rotatable bonds is 2. The first kappa shape index (κ1) is 7.84. The summed E-state index contributed by atoms with van der Waals surface area (Å²) in [6.45, 7) is 3.77. The average Bonchev–Trinajstić information content (AvgIpc) is 2.53. The lowest BCUT2D eigenvalue weighted by molar-refractivity contribution is -0.00215. The largest absolute Gasteiger partial charge is 0.392 e. The maximum absolute atomic E-state index is 5.34. The molecule has 1 heterocycles. The fourth-order valence-electron chi connectivity index (χ4n) is 2.27. The molecule has 3 unspecified atom stereocenters. The second kappa shape index (κ2) is 3.30. The van der Waals surface area contributed by atoms with Crippen molar-refractivity contribution in [1.82, 2.24) is 0 Å². The molecular weight excluding hydrogens is 150 g/mol. The topological polar surface area (TPSA) is 21.6 Å². The van der Waals surface area contributed by atoms with Gasteiger partial charge in [0.2, 0.25) is 0 Å². The Balaban J connectivity index is 2.01. The van der Waals surface area contributed by atoms with E-state index in [4.69, 9.17) is 4.84 Å². The van der Waals surface area contributed by atoms with E-state index in [1.54, 1.807) is 0 Å². The van der Waals surface area contributed by atoms with Crippen LogP contribution in [0.1, 0.15) is 25.7 Å². The third-order valence-electron chi connectivity index (χ3n) is 2.90. The molecule has 0 spiro atoms. The van der Waals surface area contributed by atoms with Crippen LogP contribution in [0.25, 0.3) is 0 Å². The van der Waals surface area contributed by atoms with Crippen LogP contribution in [0.15, 0.2) is 17.8 Å². The number of nitrogens with zero attached hydrogens (tertiary/aromatic N) is 1. The second-order valence-corrected chi connectivity index (χ2v) is 3.70. The Kier molecular flexibility index (Phi) is 2.15. The molecule has 66 valence electrons. The maximum atomic E-state index is 5.34. The molecule has 0 aromatic rings. The van der Waals surface area contributed by atoms with Gasteiger partial charge in [0, 0.05) is 11.8 Å². The van der Waals surface area contributed by atoms with Crippen molar-refractivity contribution >= 4 is 6.21 Å². The van der Waals surface area contributed by atoms with Gasteiger partial charge in [-0.3, -0.25) is 0 Å². The van der Waals surface area contributed by atoms with Gasteiger partial charge < -0.3 is 4.84 Å². The predicted molar refractivity (Wildman–Crippen MR) is 49.0 cm³/mol. The molecule has 0 amide bonds. The molecule has 2 heteroatoms. The minimum atomic E-state index is 0.358. The molecule has 2 nitrogen and oxygen atoms in total. The summed E-state index contributed by atoms with van der Waals surface area (Å²) in [5.41, 5.74) is 0. The minimum Gasteiger partial charge on any atom is -0.392 e. The van der Waals surface area contributed by atoms with Gasteiger partial charge in [0.25, 0.3) is 0 Å². The van der Waals surface area contributed by atoms with Gasteiger partial charge >= 0.3 is 0 Å². The number of oxime groups is 1. The van der Waals surface area contributed by atoms with Crippen molar-refractivity contribution in [2.24, 2.45) is 17.0 Å². The van der Waals surface area contributed by atoms with Gasteiger partial charge in [0.1, 0.15) is 6.10 Å². The van der Waals surface area contributed by atoms with Crippen molar-refractivity contribution in [2.45, 2.75) is 31.8 Å².